The highest BCUT2D eigenvalue weighted by molar-refractivity contribution is 7.98. The van der Waals surface area contributed by atoms with E-state index in [1.165, 1.54) is 0 Å². The van der Waals surface area contributed by atoms with Crippen molar-refractivity contribution in [2.75, 3.05) is 31.3 Å². The lowest BCUT2D eigenvalue weighted by molar-refractivity contribution is 0.311. The molecule has 23 heavy (non-hydrogen) atoms. The highest BCUT2D eigenvalue weighted by Crippen LogP contribution is 2.33. The molecule has 0 atom stereocenters. The molecular weight excluding hydrogens is 332 g/mol. The predicted octanol–water partition coefficient (Wildman–Crippen LogP) is 1.90. The Kier molecular flexibility index (Phi) is 4.85. The smallest absolute Gasteiger partial charge is 0.216 e. The highest BCUT2D eigenvalue weighted by atomic mass is 32.2. The molecule has 3 rings (SSSR count). The second-order valence-corrected chi connectivity index (χ2v) is 9.38. The number of aromatic nitrogens is 2. The molecule has 0 unspecified atom stereocenters. The normalized spacial score (nSPS) is 20.3. The van der Waals surface area contributed by atoms with Gasteiger partial charge >= 0.3 is 0 Å². The molecule has 2 heterocycles. The van der Waals surface area contributed by atoms with Crippen molar-refractivity contribution >= 4 is 27.6 Å². The number of thioether (sulfide) groups is 1. The molecule has 2 fully saturated rings. The summed E-state index contributed by atoms with van der Waals surface area (Å²) < 4.78 is 26.3. The van der Waals surface area contributed by atoms with E-state index < -0.39 is 10.0 Å². The fourth-order valence-corrected chi connectivity index (χ4v) is 5.29. The van der Waals surface area contributed by atoms with Crippen LogP contribution in [0, 0.1) is 6.92 Å². The van der Waals surface area contributed by atoms with Crippen LogP contribution in [0.4, 0.5) is 5.82 Å². The maximum Gasteiger partial charge on any atom is 0.216 e. The summed E-state index contributed by atoms with van der Waals surface area (Å²) in [6.45, 7) is 3.65. The van der Waals surface area contributed by atoms with E-state index >= 15 is 0 Å². The first-order valence-electron chi connectivity index (χ1n) is 8.03. The zero-order valence-electron chi connectivity index (χ0n) is 13.9. The van der Waals surface area contributed by atoms with Gasteiger partial charge in [-0.25, -0.2) is 22.7 Å². The Morgan fingerprint density at radius 3 is 2.43 bits per heavy atom. The molecule has 0 N–H and O–H groups in total. The Labute approximate surface area is 142 Å². The summed E-state index contributed by atoms with van der Waals surface area (Å²) in [5.41, 5.74) is 0.968. The molecule has 0 amide bonds. The van der Waals surface area contributed by atoms with Crippen LogP contribution >= 0.6 is 11.8 Å². The highest BCUT2D eigenvalue weighted by Gasteiger charge is 2.41. The van der Waals surface area contributed by atoms with Crippen LogP contribution in [0.1, 0.15) is 31.4 Å². The second-order valence-electron chi connectivity index (χ2n) is 6.33. The van der Waals surface area contributed by atoms with Crippen molar-refractivity contribution in [1.29, 1.82) is 0 Å². The lowest BCUT2D eigenvalue weighted by Gasteiger charge is -2.36. The van der Waals surface area contributed by atoms with Crippen LogP contribution in [0.3, 0.4) is 0 Å². The maximum atomic E-state index is 12.4. The third-order valence-electron chi connectivity index (χ3n) is 4.65. The van der Waals surface area contributed by atoms with Gasteiger partial charge in [-0.15, -0.1) is 0 Å². The van der Waals surface area contributed by atoms with Crippen LogP contribution in [0.25, 0.3) is 0 Å². The largest absolute Gasteiger partial charge is 0.356 e. The van der Waals surface area contributed by atoms with Gasteiger partial charge in [0.15, 0.2) is 5.16 Å². The second kappa shape index (κ2) is 6.57. The molecular formula is C15H24N4O2S2. The van der Waals surface area contributed by atoms with E-state index in [2.05, 4.69) is 14.9 Å². The van der Waals surface area contributed by atoms with Crippen LogP contribution < -0.4 is 4.90 Å². The van der Waals surface area contributed by atoms with Gasteiger partial charge in [-0.05, 0) is 38.9 Å². The van der Waals surface area contributed by atoms with Gasteiger partial charge < -0.3 is 4.90 Å². The van der Waals surface area contributed by atoms with Crippen molar-refractivity contribution in [3.8, 4) is 0 Å². The van der Waals surface area contributed by atoms with Gasteiger partial charge in [0.05, 0.1) is 5.25 Å². The van der Waals surface area contributed by atoms with Gasteiger partial charge in [0.2, 0.25) is 10.0 Å². The van der Waals surface area contributed by atoms with Gasteiger partial charge in [0.25, 0.3) is 0 Å². The SMILES string of the molecule is CSc1nc(C)cc(N2CCC(N(C)S(=O)(=O)C3CC3)CC2)n1. The zero-order valence-corrected chi connectivity index (χ0v) is 15.5. The lowest BCUT2D eigenvalue weighted by atomic mass is 10.1. The molecule has 0 bridgehead atoms. The van der Waals surface area contributed by atoms with Crippen molar-refractivity contribution in [3.05, 3.63) is 11.8 Å². The topological polar surface area (TPSA) is 66.4 Å². The summed E-state index contributed by atoms with van der Waals surface area (Å²) in [5, 5.41) is 0.662. The van der Waals surface area contributed by atoms with E-state index in [9.17, 15) is 8.42 Å². The van der Waals surface area contributed by atoms with Gasteiger partial charge in [-0.2, -0.15) is 0 Å². The molecule has 2 aliphatic rings. The molecule has 1 aromatic rings. The third kappa shape index (κ3) is 3.64. The first-order valence-corrected chi connectivity index (χ1v) is 10.8. The molecule has 1 saturated heterocycles. The van der Waals surface area contributed by atoms with E-state index in [0.717, 1.165) is 55.4 Å². The molecule has 0 aromatic carbocycles. The summed E-state index contributed by atoms with van der Waals surface area (Å²) in [5.74, 6) is 0.952. The van der Waals surface area contributed by atoms with Crippen molar-refractivity contribution in [2.45, 2.75) is 49.1 Å². The number of rotatable bonds is 5. The molecule has 1 aromatic heterocycles. The van der Waals surface area contributed by atoms with Crippen molar-refractivity contribution < 1.29 is 8.42 Å². The van der Waals surface area contributed by atoms with E-state index in [-0.39, 0.29) is 11.3 Å². The number of hydrogen-bond donors (Lipinski definition) is 0. The van der Waals surface area contributed by atoms with Crippen LogP contribution in [-0.4, -0.2) is 60.4 Å². The molecule has 8 heteroatoms. The van der Waals surface area contributed by atoms with Crippen LogP contribution in [-0.2, 0) is 10.0 Å². The van der Waals surface area contributed by atoms with Gasteiger partial charge in [-0.3, -0.25) is 0 Å². The lowest BCUT2D eigenvalue weighted by Crippen LogP contribution is -2.46. The van der Waals surface area contributed by atoms with Crippen LogP contribution in [0.2, 0.25) is 0 Å². The Balaban J connectivity index is 1.65. The molecule has 128 valence electrons. The average molecular weight is 357 g/mol. The van der Waals surface area contributed by atoms with Crippen molar-refractivity contribution in [2.24, 2.45) is 0 Å². The first-order chi connectivity index (χ1) is 10.9. The van der Waals surface area contributed by atoms with Crippen LogP contribution in [0.15, 0.2) is 11.2 Å². The van der Waals surface area contributed by atoms with Gasteiger partial charge in [-0.1, -0.05) is 11.8 Å². The number of aryl methyl sites for hydroxylation is 1. The zero-order chi connectivity index (χ0) is 16.6. The monoisotopic (exact) mass is 356 g/mol. The Morgan fingerprint density at radius 2 is 1.87 bits per heavy atom. The molecule has 1 saturated carbocycles. The maximum absolute atomic E-state index is 12.4. The Bertz CT molecular complexity index is 668. The number of piperidine rings is 1. The number of anilines is 1. The number of nitrogens with zero attached hydrogens (tertiary/aromatic N) is 4. The summed E-state index contributed by atoms with van der Waals surface area (Å²) in [6, 6.07) is 2.12. The number of sulfonamides is 1. The fraction of sp³-hybridized carbons (Fsp3) is 0.733. The number of hydrogen-bond acceptors (Lipinski definition) is 6. The van der Waals surface area contributed by atoms with Crippen molar-refractivity contribution in [1.82, 2.24) is 14.3 Å². The van der Waals surface area contributed by atoms with Crippen molar-refractivity contribution in [3.63, 3.8) is 0 Å². The quantitative estimate of drug-likeness (QED) is 0.593. The van der Waals surface area contributed by atoms with Gasteiger partial charge in [0, 0.05) is 37.9 Å². The minimum Gasteiger partial charge on any atom is -0.356 e. The minimum absolute atomic E-state index is 0.111. The third-order valence-corrected chi connectivity index (χ3v) is 7.62. The van der Waals surface area contributed by atoms with E-state index in [0.29, 0.717) is 0 Å². The van der Waals surface area contributed by atoms with Crippen LogP contribution in [0.5, 0.6) is 0 Å². The van der Waals surface area contributed by atoms with Gasteiger partial charge in [0.1, 0.15) is 5.82 Å². The van der Waals surface area contributed by atoms with E-state index in [1.54, 1.807) is 23.1 Å². The summed E-state index contributed by atoms with van der Waals surface area (Å²) in [6.07, 6.45) is 5.31. The minimum atomic E-state index is -3.08. The Morgan fingerprint density at radius 1 is 1.22 bits per heavy atom. The average Bonchev–Trinajstić information content (AvgIpc) is 3.39. The summed E-state index contributed by atoms with van der Waals surface area (Å²) >= 11 is 1.54. The molecule has 0 spiro atoms. The predicted molar refractivity (Wildman–Crippen MR) is 93.5 cm³/mol. The van der Waals surface area contributed by atoms with E-state index in [1.807, 2.05) is 19.2 Å². The standard InChI is InChI=1S/C15H24N4O2S2/c1-11-10-14(17-15(16-11)22-3)19-8-6-12(7-9-19)18(2)23(20,21)13-4-5-13/h10,12-13H,4-9H2,1-3H3. The molecule has 0 radical (unpaired) electrons. The summed E-state index contributed by atoms with van der Waals surface area (Å²) in [7, 11) is -1.33. The molecule has 1 aliphatic carbocycles. The Hall–Kier alpha value is -0.860. The fourth-order valence-electron chi connectivity index (χ4n) is 3.05. The first kappa shape index (κ1) is 17.0. The molecule has 6 nitrogen and oxygen atoms in total. The molecule has 1 aliphatic heterocycles. The summed E-state index contributed by atoms with van der Waals surface area (Å²) in [4.78, 5) is 11.2. The van der Waals surface area contributed by atoms with E-state index in [4.69, 9.17) is 0 Å².